The van der Waals surface area contributed by atoms with Crippen LogP contribution in [-0.4, -0.2) is 16.0 Å². The summed E-state index contributed by atoms with van der Waals surface area (Å²) in [6, 6.07) is 11.2. The summed E-state index contributed by atoms with van der Waals surface area (Å²) in [5.74, 6) is 0.247. The summed E-state index contributed by atoms with van der Waals surface area (Å²) in [6.45, 7) is 2.26. The maximum Gasteiger partial charge on any atom is 0.293 e. The van der Waals surface area contributed by atoms with Crippen LogP contribution in [0.4, 0.5) is 4.79 Å². The highest BCUT2D eigenvalue weighted by Gasteiger charge is 2.35. The van der Waals surface area contributed by atoms with Crippen molar-refractivity contribution in [1.82, 2.24) is 4.90 Å². The third-order valence-corrected chi connectivity index (χ3v) is 4.50. The average molecular weight is 378 g/mol. The zero-order valence-corrected chi connectivity index (χ0v) is 14.1. The predicted octanol–water partition coefficient (Wildman–Crippen LogP) is 4.59. The van der Waals surface area contributed by atoms with E-state index in [1.807, 2.05) is 31.2 Å². The minimum atomic E-state index is -0.288. The maximum absolute atomic E-state index is 12.4. The van der Waals surface area contributed by atoms with Crippen LogP contribution in [0.3, 0.4) is 0 Å². The van der Waals surface area contributed by atoms with Gasteiger partial charge in [0.25, 0.3) is 11.1 Å². The SMILES string of the molecule is Cc1cccc(CN2C(=O)S/C(=C\c3ccc(Br)o3)C2=O)c1. The average Bonchev–Trinajstić information content (AvgIpc) is 2.98. The molecule has 0 spiro atoms. The van der Waals surface area contributed by atoms with Crippen molar-refractivity contribution in [3.63, 3.8) is 0 Å². The maximum atomic E-state index is 12.4. The van der Waals surface area contributed by atoms with Crippen LogP contribution in [0.5, 0.6) is 0 Å². The highest BCUT2D eigenvalue weighted by Crippen LogP contribution is 2.33. The third-order valence-electron chi connectivity index (χ3n) is 3.16. The van der Waals surface area contributed by atoms with Crippen molar-refractivity contribution in [1.29, 1.82) is 0 Å². The molecule has 1 aliphatic rings. The number of benzene rings is 1. The number of hydrogen-bond acceptors (Lipinski definition) is 4. The molecule has 0 bridgehead atoms. The molecule has 0 unspecified atom stereocenters. The summed E-state index contributed by atoms with van der Waals surface area (Å²) in [4.78, 5) is 26.1. The fraction of sp³-hybridized carbons (Fsp3) is 0.125. The van der Waals surface area contributed by atoms with Crippen molar-refractivity contribution in [3.8, 4) is 0 Å². The van der Waals surface area contributed by atoms with Gasteiger partial charge in [0.2, 0.25) is 0 Å². The highest BCUT2D eigenvalue weighted by atomic mass is 79.9. The Morgan fingerprint density at radius 2 is 2.09 bits per heavy atom. The van der Waals surface area contributed by atoms with E-state index in [-0.39, 0.29) is 17.7 Å². The molecule has 1 fully saturated rings. The molecule has 22 heavy (non-hydrogen) atoms. The van der Waals surface area contributed by atoms with E-state index in [9.17, 15) is 9.59 Å². The predicted molar refractivity (Wildman–Crippen MR) is 89.1 cm³/mol. The Hall–Kier alpha value is -1.79. The van der Waals surface area contributed by atoms with Crippen molar-refractivity contribution in [2.24, 2.45) is 0 Å². The Morgan fingerprint density at radius 3 is 2.77 bits per heavy atom. The fourth-order valence-corrected chi connectivity index (χ4v) is 3.30. The van der Waals surface area contributed by atoms with E-state index in [4.69, 9.17) is 4.42 Å². The lowest BCUT2D eigenvalue weighted by Crippen LogP contribution is -2.27. The normalized spacial score (nSPS) is 16.8. The Bertz CT molecular complexity index is 781. The summed E-state index contributed by atoms with van der Waals surface area (Å²) < 4.78 is 5.92. The van der Waals surface area contributed by atoms with Crippen LogP contribution in [0.1, 0.15) is 16.9 Å². The molecule has 112 valence electrons. The molecule has 0 aliphatic carbocycles. The van der Waals surface area contributed by atoms with Crippen LogP contribution < -0.4 is 0 Å². The summed E-state index contributed by atoms with van der Waals surface area (Å²) in [5, 5.41) is -0.261. The molecule has 0 saturated carbocycles. The molecular formula is C16H12BrNO3S. The van der Waals surface area contributed by atoms with Gasteiger partial charge in [-0.25, -0.2) is 0 Å². The largest absolute Gasteiger partial charge is 0.450 e. The standard InChI is InChI=1S/C16H12BrNO3S/c1-10-3-2-4-11(7-10)9-18-15(19)13(22-16(18)20)8-12-5-6-14(17)21-12/h2-8H,9H2,1H3/b13-8-. The molecule has 1 aromatic carbocycles. The number of hydrogen-bond donors (Lipinski definition) is 0. The monoisotopic (exact) mass is 377 g/mol. The number of rotatable bonds is 3. The number of carbonyl (C=O) groups excluding carboxylic acids is 2. The molecule has 6 heteroatoms. The Balaban J connectivity index is 1.81. The van der Waals surface area contributed by atoms with Crippen molar-refractivity contribution in [2.75, 3.05) is 0 Å². The molecule has 0 atom stereocenters. The molecule has 1 aliphatic heterocycles. The molecular weight excluding hydrogens is 366 g/mol. The first-order valence-corrected chi connectivity index (χ1v) is 8.20. The van der Waals surface area contributed by atoms with E-state index in [0.717, 1.165) is 22.9 Å². The second-order valence-corrected chi connectivity index (χ2v) is 6.67. The first kappa shape index (κ1) is 15.1. The van der Waals surface area contributed by atoms with Crippen LogP contribution in [0.25, 0.3) is 6.08 Å². The van der Waals surface area contributed by atoms with E-state index < -0.39 is 0 Å². The van der Waals surface area contributed by atoms with Gasteiger partial charge in [0.1, 0.15) is 5.76 Å². The topological polar surface area (TPSA) is 50.5 Å². The zero-order valence-electron chi connectivity index (χ0n) is 11.7. The van der Waals surface area contributed by atoms with E-state index in [2.05, 4.69) is 15.9 Å². The van der Waals surface area contributed by atoms with E-state index >= 15 is 0 Å². The Kier molecular flexibility index (Phi) is 4.22. The van der Waals surface area contributed by atoms with Gasteiger partial charge in [0, 0.05) is 6.08 Å². The van der Waals surface area contributed by atoms with Gasteiger partial charge in [0.05, 0.1) is 11.4 Å². The molecule has 0 radical (unpaired) electrons. The number of imide groups is 1. The van der Waals surface area contributed by atoms with Gasteiger partial charge in [0.15, 0.2) is 4.67 Å². The molecule has 2 aromatic rings. The van der Waals surface area contributed by atoms with Crippen LogP contribution in [-0.2, 0) is 11.3 Å². The van der Waals surface area contributed by atoms with Gasteiger partial charge in [-0.2, -0.15) is 0 Å². The van der Waals surface area contributed by atoms with Gasteiger partial charge in [-0.1, -0.05) is 29.8 Å². The van der Waals surface area contributed by atoms with Crippen LogP contribution >= 0.6 is 27.7 Å². The number of aryl methyl sites for hydroxylation is 1. The summed E-state index contributed by atoms with van der Waals surface area (Å²) >= 11 is 4.14. The lowest BCUT2D eigenvalue weighted by atomic mass is 10.1. The number of nitrogens with zero attached hydrogens (tertiary/aromatic N) is 1. The van der Waals surface area contributed by atoms with Gasteiger partial charge >= 0.3 is 0 Å². The van der Waals surface area contributed by atoms with E-state index in [0.29, 0.717) is 15.3 Å². The Labute approximate surface area is 140 Å². The fourth-order valence-electron chi connectivity index (χ4n) is 2.16. The zero-order chi connectivity index (χ0) is 15.7. The summed E-state index contributed by atoms with van der Waals surface area (Å²) in [5.41, 5.74) is 2.03. The van der Waals surface area contributed by atoms with Crippen LogP contribution in [0.2, 0.25) is 0 Å². The number of carbonyl (C=O) groups is 2. The minimum absolute atomic E-state index is 0.261. The summed E-state index contributed by atoms with van der Waals surface area (Å²) in [7, 11) is 0. The van der Waals surface area contributed by atoms with Crippen molar-refractivity contribution >= 4 is 44.9 Å². The molecule has 1 aromatic heterocycles. The minimum Gasteiger partial charge on any atom is -0.450 e. The van der Waals surface area contributed by atoms with Gasteiger partial charge in [-0.15, -0.1) is 0 Å². The summed E-state index contributed by atoms with van der Waals surface area (Å²) in [6.07, 6.45) is 1.59. The lowest BCUT2D eigenvalue weighted by molar-refractivity contribution is -0.123. The van der Waals surface area contributed by atoms with Gasteiger partial charge in [-0.3, -0.25) is 14.5 Å². The molecule has 2 heterocycles. The van der Waals surface area contributed by atoms with Crippen LogP contribution in [0, 0.1) is 6.92 Å². The number of furan rings is 1. The Morgan fingerprint density at radius 1 is 1.27 bits per heavy atom. The molecule has 4 nitrogen and oxygen atoms in total. The first-order valence-electron chi connectivity index (χ1n) is 6.59. The van der Waals surface area contributed by atoms with Gasteiger partial charge < -0.3 is 4.42 Å². The molecule has 3 rings (SSSR count). The molecule has 2 amide bonds. The highest BCUT2D eigenvalue weighted by molar-refractivity contribution is 9.10. The lowest BCUT2D eigenvalue weighted by Gasteiger charge is -2.12. The van der Waals surface area contributed by atoms with Crippen molar-refractivity contribution < 1.29 is 14.0 Å². The second kappa shape index (κ2) is 6.14. The number of halogens is 1. The number of amides is 2. The molecule has 1 saturated heterocycles. The second-order valence-electron chi connectivity index (χ2n) is 4.90. The first-order chi connectivity index (χ1) is 10.5. The van der Waals surface area contributed by atoms with Crippen molar-refractivity contribution in [2.45, 2.75) is 13.5 Å². The van der Waals surface area contributed by atoms with E-state index in [1.165, 1.54) is 4.90 Å². The van der Waals surface area contributed by atoms with Crippen LogP contribution in [0.15, 0.2) is 50.4 Å². The van der Waals surface area contributed by atoms with Gasteiger partial charge in [-0.05, 0) is 52.3 Å². The number of thioether (sulfide) groups is 1. The van der Waals surface area contributed by atoms with Crippen molar-refractivity contribution in [3.05, 3.63) is 62.9 Å². The molecule has 0 N–H and O–H groups in total. The smallest absolute Gasteiger partial charge is 0.293 e. The quantitative estimate of drug-likeness (QED) is 0.734. The third kappa shape index (κ3) is 3.18. The van der Waals surface area contributed by atoms with E-state index in [1.54, 1.807) is 18.2 Å².